The minimum Gasteiger partial charge on any atom is -0.390 e. The molecule has 0 fully saturated rings. The maximum atomic E-state index is 13.0. The molecule has 0 aliphatic rings. The zero-order valence-electron chi connectivity index (χ0n) is 8.31. The van der Waals surface area contributed by atoms with Crippen LogP contribution in [0.3, 0.4) is 0 Å². The second kappa shape index (κ2) is 3.82. The van der Waals surface area contributed by atoms with Crippen molar-refractivity contribution in [1.82, 2.24) is 9.78 Å². The van der Waals surface area contributed by atoms with Gasteiger partial charge in [-0.15, -0.1) is 0 Å². The molecule has 3 nitrogen and oxygen atoms in total. The van der Waals surface area contributed by atoms with Gasteiger partial charge in [-0.1, -0.05) is 12.1 Å². The van der Waals surface area contributed by atoms with E-state index >= 15 is 0 Å². The minimum atomic E-state index is -0.291. The Morgan fingerprint density at radius 1 is 1.47 bits per heavy atom. The highest BCUT2D eigenvalue weighted by atomic mass is 19.1. The van der Waals surface area contributed by atoms with E-state index in [1.54, 1.807) is 30.1 Å². The molecule has 0 unspecified atom stereocenters. The quantitative estimate of drug-likeness (QED) is 0.812. The van der Waals surface area contributed by atoms with Gasteiger partial charge < -0.3 is 5.11 Å². The van der Waals surface area contributed by atoms with Crippen molar-refractivity contribution < 1.29 is 9.50 Å². The molecular weight excluding hydrogens is 195 g/mol. The van der Waals surface area contributed by atoms with Crippen molar-refractivity contribution in [2.45, 2.75) is 6.61 Å². The Morgan fingerprint density at radius 2 is 2.27 bits per heavy atom. The van der Waals surface area contributed by atoms with Crippen LogP contribution in [0, 0.1) is 5.82 Å². The number of hydrogen-bond donors (Lipinski definition) is 1. The highest BCUT2D eigenvalue weighted by molar-refractivity contribution is 5.65. The number of aliphatic hydroxyl groups is 1. The molecule has 2 aromatic rings. The monoisotopic (exact) mass is 206 g/mol. The van der Waals surface area contributed by atoms with E-state index in [-0.39, 0.29) is 12.4 Å². The molecule has 78 valence electrons. The van der Waals surface area contributed by atoms with Gasteiger partial charge in [0, 0.05) is 18.8 Å². The van der Waals surface area contributed by atoms with Gasteiger partial charge in [0.1, 0.15) is 5.82 Å². The molecule has 4 heteroatoms. The number of rotatable bonds is 2. The Balaban J connectivity index is 2.53. The van der Waals surface area contributed by atoms with E-state index in [1.807, 2.05) is 0 Å². The van der Waals surface area contributed by atoms with Gasteiger partial charge in [0.2, 0.25) is 0 Å². The highest BCUT2D eigenvalue weighted by Gasteiger charge is 2.09. The molecular formula is C11H11FN2O. The van der Waals surface area contributed by atoms with Crippen LogP contribution >= 0.6 is 0 Å². The van der Waals surface area contributed by atoms with Crippen LogP contribution in [0.25, 0.3) is 11.1 Å². The summed E-state index contributed by atoms with van der Waals surface area (Å²) in [5.41, 5.74) is 2.05. The maximum absolute atomic E-state index is 13.0. The standard InChI is InChI=1S/C11H11FN2O/c1-14-6-10(11(7-15)13-14)8-3-2-4-9(12)5-8/h2-6,15H,7H2,1H3. The Kier molecular flexibility index (Phi) is 2.51. The lowest BCUT2D eigenvalue weighted by Crippen LogP contribution is -1.90. The third-order valence-electron chi connectivity index (χ3n) is 2.19. The van der Waals surface area contributed by atoms with Crippen LogP contribution in [0.15, 0.2) is 30.5 Å². The third kappa shape index (κ3) is 1.89. The number of aryl methyl sites for hydroxylation is 1. The number of halogens is 1. The van der Waals surface area contributed by atoms with Crippen LogP contribution in [-0.4, -0.2) is 14.9 Å². The van der Waals surface area contributed by atoms with Crippen LogP contribution in [-0.2, 0) is 13.7 Å². The lowest BCUT2D eigenvalue weighted by molar-refractivity contribution is 0.276. The molecule has 0 aliphatic heterocycles. The smallest absolute Gasteiger partial charge is 0.123 e. The van der Waals surface area contributed by atoms with Gasteiger partial charge in [0.05, 0.1) is 12.3 Å². The Hall–Kier alpha value is -1.68. The fourth-order valence-electron chi connectivity index (χ4n) is 1.55. The number of aromatic nitrogens is 2. The largest absolute Gasteiger partial charge is 0.390 e. The molecule has 1 aromatic heterocycles. The van der Waals surface area contributed by atoms with Crippen LogP contribution in [0.1, 0.15) is 5.69 Å². The van der Waals surface area contributed by atoms with E-state index in [0.29, 0.717) is 5.69 Å². The summed E-state index contributed by atoms with van der Waals surface area (Å²) in [6, 6.07) is 6.24. The van der Waals surface area contributed by atoms with E-state index in [4.69, 9.17) is 5.11 Å². The first-order valence-electron chi connectivity index (χ1n) is 4.60. The normalized spacial score (nSPS) is 10.6. The van der Waals surface area contributed by atoms with Crippen LogP contribution in [0.5, 0.6) is 0 Å². The zero-order valence-corrected chi connectivity index (χ0v) is 8.31. The van der Waals surface area contributed by atoms with Crippen LogP contribution in [0.2, 0.25) is 0 Å². The van der Waals surface area contributed by atoms with Gasteiger partial charge in [-0.05, 0) is 17.7 Å². The molecule has 2 rings (SSSR count). The Morgan fingerprint density at radius 3 is 2.93 bits per heavy atom. The summed E-state index contributed by atoms with van der Waals surface area (Å²) in [5.74, 6) is -0.291. The third-order valence-corrected chi connectivity index (χ3v) is 2.19. The number of benzene rings is 1. The minimum absolute atomic E-state index is 0.146. The van der Waals surface area contributed by atoms with Gasteiger partial charge in [-0.2, -0.15) is 5.10 Å². The fourth-order valence-corrected chi connectivity index (χ4v) is 1.55. The Bertz CT molecular complexity index is 479. The van der Waals surface area contributed by atoms with Crippen LogP contribution < -0.4 is 0 Å². The topological polar surface area (TPSA) is 38.0 Å². The molecule has 1 heterocycles. The highest BCUT2D eigenvalue weighted by Crippen LogP contribution is 2.23. The van der Waals surface area contributed by atoms with Gasteiger partial charge in [-0.3, -0.25) is 4.68 Å². The van der Waals surface area contributed by atoms with Gasteiger partial charge in [0.15, 0.2) is 0 Å². The van der Waals surface area contributed by atoms with Gasteiger partial charge >= 0.3 is 0 Å². The van der Waals surface area contributed by atoms with Crippen LogP contribution in [0.4, 0.5) is 4.39 Å². The second-order valence-corrected chi connectivity index (χ2v) is 3.33. The summed E-state index contributed by atoms with van der Waals surface area (Å²) in [6.45, 7) is -0.146. The molecule has 0 atom stereocenters. The fraction of sp³-hybridized carbons (Fsp3) is 0.182. The van der Waals surface area contributed by atoms with Crippen molar-refractivity contribution in [3.63, 3.8) is 0 Å². The first-order chi connectivity index (χ1) is 7.20. The maximum Gasteiger partial charge on any atom is 0.123 e. The van der Waals surface area contributed by atoms with Crippen molar-refractivity contribution in [2.24, 2.45) is 7.05 Å². The zero-order chi connectivity index (χ0) is 10.8. The molecule has 0 radical (unpaired) electrons. The number of nitrogens with zero attached hydrogens (tertiary/aromatic N) is 2. The van der Waals surface area contributed by atoms with E-state index in [1.165, 1.54) is 12.1 Å². The molecule has 0 saturated heterocycles. The predicted molar refractivity (Wildman–Crippen MR) is 54.5 cm³/mol. The molecule has 0 spiro atoms. The molecule has 15 heavy (non-hydrogen) atoms. The van der Waals surface area contributed by atoms with E-state index < -0.39 is 0 Å². The number of hydrogen-bond acceptors (Lipinski definition) is 2. The molecule has 1 N–H and O–H groups in total. The second-order valence-electron chi connectivity index (χ2n) is 3.33. The predicted octanol–water partition coefficient (Wildman–Crippen LogP) is 1.72. The molecule has 1 aromatic carbocycles. The SMILES string of the molecule is Cn1cc(-c2cccc(F)c2)c(CO)n1. The average molecular weight is 206 g/mol. The van der Waals surface area contributed by atoms with E-state index in [2.05, 4.69) is 5.10 Å². The molecule has 0 bridgehead atoms. The van der Waals surface area contributed by atoms with Crippen molar-refractivity contribution in [1.29, 1.82) is 0 Å². The van der Waals surface area contributed by atoms with Crippen molar-refractivity contribution >= 4 is 0 Å². The Labute approximate surface area is 86.8 Å². The first-order valence-corrected chi connectivity index (χ1v) is 4.60. The van der Waals surface area contributed by atoms with Gasteiger partial charge in [0.25, 0.3) is 0 Å². The summed E-state index contributed by atoms with van der Waals surface area (Å²) in [6.07, 6.45) is 1.76. The molecule has 0 aliphatic carbocycles. The summed E-state index contributed by atoms with van der Waals surface area (Å²) in [5, 5.41) is 13.2. The van der Waals surface area contributed by atoms with E-state index in [9.17, 15) is 4.39 Å². The summed E-state index contributed by atoms with van der Waals surface area (Å²) in [4.78, 5) is 0. The molecule has 0 saturated carbocycles. The van der Waals surface area contributed by atoms with Crippen molar-refractivity contribution in [2.75, 3.05) is 0 Å². The molecule has 0 amide bonds. The first kappa shape index (κ1) is 9.86. The summed E-state index contributed by atoms with van der Waals surface area (Å²) < 4.78 is 14.6. The lowest BCUT2D eigenvalue weighted by Gasteiger charge is -1.99. The number of aliphatic hydroxyl groups excluding tert-OH is 1. The lowest BCUT2D eigenvalue weighted by atomic mass is 10.1. The van der Waals surface area contributed by atoms with E-state index in [0.717, 1.165) is 11.1 Å². The summed E-state index contributed by atoms with van der Waals surface area (Å²) in [7, 11) is 1.77. The average Bonchev–Trinajstić information content (AvgIpc) is 2.59. The van der Waals surface area contributed by atoms with Gasteiger partial charge in [-0.25, -0.2) is 4.39 Å². The van der Waals surface area contributed by atoms with Crippen molar-refractivity contribution in [3.05, 3.63) is 42.0 Å². The van der Waals surface area contributed by atoms with Crippen molar-refractivity contribution in [3.8, 4) is 11.1 Å². The summed E-state index contributed by atoms with van der Waals surface area (Å²) >= 11 is 0.